The quantitative estimate of drug-likeness (QED) is 0.916. The highest BCUT2D eigenvalue weighted by molar-refractivity contribution is 5.88. The van der Waals surface area contributed by atoms with Crippen LogP contribution < -0.4 is 10.1 Å². The van der Waals surface area contributed by atoms with Gasteiger partial charge >= 0.3 is 0 Å². The molecule has 0 saturated carbocycles. The molecule has 19 heavy (non-hydrogen) atoms. The van der Waals surface area contributed by atoms with Crippen molar-refractivity contribution in [3.8, 4) is 5.75 Å². The predicted octanol–water partition coefficient (Wildman–Crippen LogP) is 3.10. The van der Waals surface area contributed by atoms with E-state index in [2.05, 4.69) is 28.5 Å². The Balaban J connectivity index is 2.07. The molecule has 1 N–H and O–H groups in total. The van der Waals surface area contributed by atoms with Crippen molar-refractivity contribution in [1.82, 2.24) is 10.3 Å². The minimum Gasteiger partial charge on any atom is -0.492 e. The molecule has 3 nitrogen and oxygen atoms in total. The van der Waals surface area contributed by atoms with Crippen molar-refractivity contribution in [2.24, 2.45) is 0 Å². The molecule has 0 spiro atoms. The maximum absolute atomic E-state index is 5.68. The van der Waals surface area contributed by atoms with Crippen molar-refractivity contribution < 1.29 is 4.74 Å². The van der Waals surface area contributed by atoms with Gasteiger partial charge in [0.15, 0.2) is 0 Å². The van der Waals surface area contributed by atoms with E-state index in [1.807, 2.05) is 19.2 Å². The SMILES string of the molecule is CCOc1ccc(C2CCCNC2)c2cccnc12. The Morgan fingerprint density at radius 1 is 1.37 bits per heavy atom. The molecule has 1 unspecified atom stereocenters. The molecule has 0 bridgehead atoms. The molecule has 1 aliphatic heterocycles. The van der Waals surface area contributed by atoms with Crippen LogP contribution in [0.5, 0.6) is 5.75 Å². The van der Waals surface area contributed by atoms with Crippen molar-refractivity contribution in [3.63, 3.8) is 0 Å². The lowest BCUT2D eigenvalue weighted by atomic mass is 9.89. The highest BCUT2D eigenvalue weighted by Gasteiger charge is 2.18. The van der Waals surface area contributed by atoms with Gasteiger partial charge in [0.2, 0.25) is 0 Å². The molecule has 1 aromatic carbocycles. The molecule has 3 rings (SSSR count). The summed E-state index contributed by atoms with van der Waals surface area (Å²) in [7, 11) is 0. The predicted molar refractivity (Wildman–Crippen MR) is 77.8 cm³/mol. The number of ether oxygens (including phenoxy) is 1. The Morgan fingerprint density at radius 3 is 3.11 bits per heavy atom. The molecule has 0 aliphatic carbocycles. The van der Waals surface area contributed by atoms with Crippen molar-refractivity contribution in [1.29, 1.82) is 0 Å². The first-order valence-electron chi connectivity index (χ1n) is 7.11. The molecule has 2 aromatic rings. The van der Waals surface area contributed by atoms with Crippen LogP contribution in [0.15, 0.2) is 30.5 Å². The highest BCUT2D eigenvalue weighted by Crippen LogP contribution is 2.33. The number of hydrogen-bond donors (Lipinski definition) is 1. The van der Waals surface area contributed by atoms with Crippen LogP contribution in [0, 0.1) is 0 Å². The fourth-order valence-corrected chi connectivity index (χ4v) is 2.91. The normalized spacial score (nSPS) is 19.5. The molecule has 2 heterocycles. The first kappa shape index (κ1) is 12.4. The summed E-state index contributed by atoms with van der Waals surface area (Å²) >= 11 is 0. The van der Waals surface area contributed by atoms with E-state index in [4.69, 9.17) is 4.74 Å². The zero-order valence-electron chi connectivity index (χ0n) is 11.4. The third kappa shape index (κ3) is 2.43. The van der Waals surface area contributed by atoms with Gasteiger partial charge < -0.3 is 10.1 Å². The summed E-state index contributed by atoms with van der Waals surface area (Å²) in [5.74, 6) is 1.49. The summed E-state index contributed by atoms with van der Waals surface area (Å²) in [6.07, 6.45) is 4.35. The third-order valence-corrected chi connectivity index (χ3v) is 3.80. The average Bonchev–Trinajstić information content (AvgIpc) is 2.49. The second-order valence-corrected chi connectivity index (χ2v) is 5.03. The Hall–Kier alpha value is -1.61. The lowest BCUT2D eigenvalue weighted by Crippen LogP contribution is -2.28. The van der Waals surface area contributed by atoms with E-state index >= 15 is 0 Å². The number of rotatable bonds is 3. The minimum atomic E-state index is 0.594. The first-order valence-corrected chi connectivity index (χ1v) is 7.11. The monoisotopic (exact) mass is 256 g/mol. The Labute approximate surface area is 114 Å². The maximum Gasteiger partial charge on any atom is 0.145 e. The summed E-state index contributed by atoms with van der Waals surface area (Å²) in [5, 5.41) is 4.72. The molecule has 1 saturated heterocycles. The summed E-state index contributed by atoms with van der Waals surface area (Å²) < 4.78 is 5.68. The number of pyridine rings is 1. The molecule has 0 radical (unpaired) electrons. The Morgan fingerprint density at radius 2 is 2.32 bits per heavy atom. The molecular weight excluding hydrogens is 236 g/mol. The number of fused-ring (bicyclic) bond motifs is 1. The summed E-state index contributed by atoms with van der Waals surface area (Å²) in [6, 6.07) is 8.46. The largest absolute Gasteiger partial charge is 0.492 e. The Bertz CT molecular complexity index is 562. The fraction of sp³-hybridized carbons (Fsp3) is 0.438. The van der Waals surface area contributed by atoms with Crippen LogP contribution >= 0.6 is 0 Å². The second kappa shape index (κ2) is 5.57. The van der Waals surface area contributed by atoms with Gasteiger partial charge in [-0.25, -0.2) is 0 Å². The lowest BCUT2D eigenvalue weighted by Gasteiger charge is -2.24. The van der Waals surface area contributed by atoms with E-state index in [-0.39, 0.29) is 0 Å². The van der Waals surface area contributed by atoms with Gasteiger partial charge in [0.05, 0.1) is 6.61 Å². The first-order chi connectivity index (χ1) is 9.40. The van der Waals surface area contributed by atoms with Gasteiger partial charge in [0.25, 0.3) is 0 Å². The molecule has 0 amide bonds. The van der Waals surface area contributed by atoms with E-state index < -0.39 is 0 Å². The third-order valence-electron chi connectivity index (χ3n) is 3.80. The molecule has 100 valence electrons. The van der Waals surface area contributed by atoms with E-state index in [0.29, 0.717) is 12.5 Å². The summed E-state index contributed by atoms with van der Waals surface area (Å²) in [5.41, 5.74) is 2.39. The molecule has 1 atom stereocenters. The summed E-state index contributed by atoms with van der Waals surface area (Å²) in [4.78, 5) is 4.51. The van der Waals surface area contributed by atoms with Gasteiger partial charge in [-0.1, -0.05) is 12.1 Å². The van der Waals surface area contributed by atoms with E-state index in [0.717, 1.165) is 24.4 Å². The highest BCUT2D eigenvalue weighted by atomic mass is 16.5. The van der Waals surface area contributed by atoms with Crippen LogP contribution in [0.2, 0.25) is 0 Å². The zero-order chi connectivity index (χ0) is 13.1. The summed E-state index contributed by atoms with van der Waals surface area (Å²) in [6.45, 7) is 4.89. The van der Waals surface area contributed by atoms with Gasteiger partial charge in [0.1, 0.15) is 11.3 Å². The minimum absolute atomic E-state index is 0.594. The van der Waals surface area contributed by atoms with Gasteiger partial charge in [0, 0.05) is 18.1 Å². The smallest absolute Gasteiger partial charge is 0.145 e. The van der Waals surface area contributed by atoms with Gasteiger partial charge in [-0.3, -0.25) is 4.98 Å². The van der Waals surface area contributed by atoms with Gasteiger partial charge in [-0.2, -0.15) is 0 Å². The van der Waals surface area contributed by atoms with Crippen LogP contribution in [0.1, 0.15) is 31.2 Å². The van der Waals surface area contributed by atoms with E-state index in [1.165, 1.54) is 23.8 Å². The number of piperidine rings is 1. The van der Waals surface area contributed by atoms with Crippen molar-refractivity contribution >= 4 is 10.9 Å². The van der Waals surface area contributed by atoms with Crippen LogP contribution in [0.3, 0.4) is 0 Å². The van der Waals surface area contributed by atoms with Crippen LogP contribution in [-0.4, -0.2) is 24.7 Å². The number of nitrogens with zero attached hydrogens (tertiary/aromatic N) is 1. The molecular formula is C16H20N2O. The second-order valence-electron chi connectivity index (χ2n) is 5.03. The van der Waals surface area contributed by atoms with Crippen LogP contribution in [0.4, 0.5) is 0 Å². The zero-order valence-corrected chi connectivity index (χ0v) is 11.4. The molecule has 1 aromatic heterocycles. The maximum atomic E-state index is 5.68. The van der Waals surface area contributed by atoms with Crippen molar-refractivity contribution in [2.45, 2.75) is 25.7 Å². The molecule has 3 heteroatoms. The van der Waals surface area contributed by atoms with Crippen LogP contribution in [-0.2, 0) is 0 Å². The van der Waals surface area contributed by atoms with Gasteiger partial charge in [-0.05, 0) is 49.9 Å². The standard InChI is InChI=1S/C16H20N2O/c1-2-19-15-8-7-13(12-5-3-9-17-11-12)14-6-4-10-18-16(14)15/h4,6-8,10,12,17H,2-3,5,9,11H2,1H3. The number of nitrogens with one attached hydrogen (secondary N) is 1. The molecule has 1 aliphatic rings. The molecule has 1 fully saturated rings. The topological polar surface area (TPSA) is 34.1 Å². The van der Waals surface area contributed by atoms with E-state index in [9.17, 15) is 0 Å². The lowest BCUT2D eigenvalue weighted by molar-refractivity contribution is 0.343. The average molecular weight is 256 g/mol. The Kier molecular flexibility index (Phi) is 3.65. The van der Waals surface area contributed by atoms with Crippen molar-refractivity contribution in [3.05, 3.63) is 36.0 Å². The number of benzene rings is 1. The number of aromatic nitrogens is 1. The van der Waals surface area contributed by atoms with Crippen molar-refractivity contribution in [2.75, 3.05) is 19.7 Å². The van der Waals surface area contributed by atoms with E-state index in [1.54, 1.807) is 0 Å². The van der Waals surface area contributed by atoms with Crippen LogP contribution in [0.25, 0.3) is 10.9 Å². The van der Waals surface area contributed by atoms with Gasteiger partial charge in [-0.15, -0.1) is 0 Å². The fourth-order valence-electron chi connectivity index (χ4n) is 2.91. The number of hydrogen-bond acceptors (Lipinski definition) is 3.